The van der Waals surface area contributed by atoms with Crippen molar-refractivity contribution in [1.82, 2.24) is 4.98 Å². The lowest BCUT2D eigenvalue weighted by atomic mass is 10.1. The van der Waals surface area contributed by atoms with Gasteiger partial charge in [-0.25, -0.2) is 4.98 Å². The fraction of sp³-hybridized carbons (Fsp3) is 0.0588. The zero-order valence-corrected chi connectivity index (χ0v) is 14.4. The van der Waals surface area contributed by atoms with Crippen molar-refractivity contribution in [2.24, 2.45) is 5.10 Å². The number of hydrogen-bond donors (Lipinski definition) is 2. The highest BCUT2D eigenvalue weighted by Gasteiger charge is 2.18. The lowest BCUT2D eigenvalue weighted by Gasteiger charge is -2.04. The maximum absolute atomic E-state index is 11.0. The summed E-state index contributed by atoms with van der Waals surface area (Å²) < 4.78 is 5.01. The zero-order chi connectivity index (χ0) is 18.5. The van der Waals surface area contributed by atoms with E-state index in [4.69, 9.17) is 4.74 Å². The van der Waals surface area contributed by atoms with Crippen LogP contribution in [0.3, 0.4) is 0 Å². The average molecular weight is 370 g/mol. The molecule has 0 aliphatic heterocycles. The molecule has 3 rings (SSSR count). The molecular formula is C17H14N4O4S. The van der Waals surface area contributed by atoms with Crippen molar-refractivity contribution >= 4 is 28.4 Å². The van der Waals surface area contributed by atoms with Crippen molar-refractivity contribution in [3.63, 3.8) is 0 Å². The summed E-state index contributed by atoms with van der Waals surface area (Å²) in [6.45, 7) is 0. The minimum atomic E-state index is -0.685. The van der Waals surface area contributed by atoms with Crippen LogP contribution < -0.4 is 10.2 Å². The van der Waals surface area contributed by atoms with Crippen LogP contribution in [0.5, 0.6) is 11.5 Å². The molecule has 0 aliphatic rings. The Hall–Kier alpha value is -3.46. The quantitative estimate of drug-likeness (QED) is 0.387. The van der Waals surface area contributed by atoms with E-state index in [9.17, 15) is 15.2 Å². The number of anilines is 1. The van der Waals surface area contributed by atoms with Crippen LogP contribution in [0.25, 0.3) is 11.3 Å². The first-order chi connectivity index (χ1) is 12.6. The van der Waals surface area contributed by atoms with Gasteiger partial charge < -0.3 is 9.84 Å². The number of nitro benzene ring substituents is 1. The fourth-order valence-electron chi connectivity index (χ4n) is 2.19. The van der Waals surface area contributed by atoms with Gasteiger partial charge in [-0.1, -0.05) is 30.3 Å². The topological polar surface area (TPSA) is 110 Å². The zero-order valence-electron chi connectivity index (χ0n) is 13.6. The van der Waals surface area contributed by atoms with Crippen LogP contribution in [-0.2, 0) is 0 Å². The van der Waals surface area contributed by atoms with Crippen LogP contribution in [0.2, 0.25) is 0 Å². The van der Waals surface area contributed by atoms with Gasteiger partial charge in [0.25, 0.3) is 0 Å². The highest BCUT2D eigenvalue weighted by molar-refractivity contribution is 7.14. The Morgan fingerprint density at radius 1 is 1.35 bits per heavy atom. The van der Waals surface area contributed by atoms with E-state index in [0.29, 0.717) is 5.13 Å². The monoisotopic (exact) mass is 370 g/mol. The van der Waals surface area contributed by atoms with Crippen LogP contribution in [0.1, 0.15) is 5.56 Å². The van der Waals surface area contributed by atoms with Gasteiger partial charge in [0, 0.05) is 16.5 Å². The molecule has 1 heterocycles. The molecule has 8 nitrogen and oxygen atoms in total. The number of ether oxygens (including phenoxy) is 1. The fourth-order valence-corrected chi connectivity index (χ4v) is 2.86. The van der Waals surface area contributed by atoms with E-state index in [1.807, 2.05) is 35.7 Å². The molecule has 0 aliphatic carbocycles. The summed E-state index contributed by atoms with van der Waals surface area (Å²) >= 11 is 1.37. The van der Waals surface area contributed by atoms with Crippen LogP contribution >= 0.6 is 11.3 Å². The Balaban J connectivity index is 1.78. The predicted molar refractivity (Wildman–Crippen MR) is 100 cm³/mol. The molecule has 0 saturated carbocycles. The molecule has 3 aromatic rings. The number of phenols is 1. The number of hydrazone groups is 1. The summed E-state index contributed by atoms with van der Waals surface area (Å²) in [5.41, 5.74) is 4.26. The molecule has 0 bridgehead atoms. The van der Waals surface area contributed by atoms with Crippen LogP contribution in [-0.4, -0.2) is 28.3 Å². The maximum atomic E-state index is 11.0. The van der Waals surface area contributed by atoms with E-state index in [-0.39, 0.29) is 11.3 Å². The van der Waals surface area contributed by atoms with Crippen molar-refractivity contribution in [3.8, 4) is 22.8 Å². The third-order valence-electron chi connectivity index (χ3n) is 3.46. The molecule has 26 heavy (non-hydrogen) atoms. The van der Waals surface area contributed by atoms with E-state index in [0.717, 1.165) is 17.3 Å². The maximum Gasteiger partial charge on any atom is 0.315 e. The van der Waals surface area contributed by atoms with Crippen molar-refractivity contribution in [2.45, 2.75) is 0 Å². The first-order valence-electron chi connectivity index (χ1n) is 7.44. The van der Waals surface area contributed by atoms with E-state index < -0.39 is 16.4 Å². The number of phenolic OH excluding ortho intramolecular Hbond substituents is 1. The molecule has 2 aromatic carbocycles. The van der Waals surface area contributed by atoms with Crippen LogP contribution in [0.4, 0.5) is 10.8 Å². The van der Waals surface area contributed by atoms with Crippen LogP contribution in [0.15, 0.2) is 52.9 Å². The first-order valence-corrected chi connectivity index (χ1v) is 8.32. The van der Waals surface area contributed by atoms with Crippen molar-refractivity contribution in [3.05, 3.63) is 63.5 Å². The number of thiazole rings is 1. The summed E-state index contributed by atoms with van der Waals surface area (Å²) in [6, 6.07) is 12.3. The van der Waals surface area contributed by atoms with Gasteiger partial charge in [0.2, 0.25) is 10.9 Å². The average Bonchev–Trinajstić information content (AvgIpc) is 3.12. The molecule has 0 spiro atoms. The standard InChI is InChI=1S/C17H14N4O4S/c1-25-13-7-12(16(22)15(8-13)21(23)24)9-18-20-17-19-14(10-26-17)11-5-3-2-4-6-11/h2-10,22H,1H3,(H,19,20). The number of aromatic hydroxyl groups is 1. The molecular weight excluding hydrogens is 356 g/mol. The number of methoxy groups -OCH3 is 1. The lowest BCUT2D eigenvalue weighted by molar-refractivity contribution is -0.385. The molecule has 2 N–H and O–H groups in total. The smallest absolute Gasteiger partial charge is 0.315 e. The molecule has 0 radical (unpaired) electrons. The predicted octanol–water partition coefficient (Wildman–Crippen LogP) is 3.88. The van der Waals surface area contributed by atoms with Gasteiger partial charge in [-0.3, -0.25) is 15.5 Å². The normalized spacial score (nSPS) is 10.8. The number of hydrogen-bond acceptors (Lipinski definition) is 8. The Morgan fingerprint density at radius 3 is 2.81 bits per heavy atom. The summed E-state index contributed by atoms with van der Waals surface area (Å²) in [7, 11) is 1.38. The number of nitro groups is 1. The summed E-state index contributed by atoms with van der Waals surface area (Å²) in [4.78, 5) is 14.7. The minimum Gasteiger partial charge on any atom is -0.502 e. The van der Waals surface area contributed by atoms with Gasteiger partial charge >= 0.3 is 5.69 Å². The Bertz CT molecular complexity index is 957. The van der Waals surface area contributed by atoms with E-state index in [1.54, 1.807) is 0 Å². The van der Waals surface area contributed by atoms with E-state index in [1.165, 1.54) is 30.7 Å². The van der Waals surface area contributed by atoms with Crippen molar-refractivity contribution in [1.29, 1.82) is 0 Å². The summed E-state index contributed by atoms with van der Waals surface area (Å²) in [5, 5.41) is 27.4. The SMILES string of the molecule is COc1cc(C=NNc2nc(-c3ccccc3)cs2)c(O)c([N+](=O)[O-])c1. The van der Waals surface area contributed by atoms with Gasteiger partial charge in [-0.05, 0) is 6.07 Å². The third-order valence-corrected chi connectivity index (χ3v) is 4.21. The summed E-state index contributed by atoms with van der Waals surface area (Å²) in [6.07, 6.45) is 1.27. The molecule has 0 unspecified atom stereocenters. The Labute approximate surface area is 152 Å². The molecule has 0 amide bonds. The highest BCUT2D eigenvalue weighted by atomic mass is 32.1. The van der Waals surface area contributed by atoms with Crippen molar-refractivity contribution in [2.75, 3.05) is 12.5 Å². The number of rotatable bonds is 6. The Morgan fingerprint density at radius 2 is 2.12 bits per heavy atom. The van der Waals surface area contributed by atoms with Gasteiger partial charge in [0.1, 0.15) is 5.75 Å². The second kappa shape index (κ2) is 7.62. The van der Waals surface area contributed by atoms with E-state index >= 15 is 0 Å². The molecule has 132 valence electrons. The van der Waals surface area contributed by atoms with Gasteiger partial charge in [-0.15, -0.1) is 11.3 Å². The number of nitrogens with zero attached hydrogens (tertiary/aromatic N) is 3. The number of benzene rings is 2. The van der Waals surface area contributed by atoms with Crippen molar-refractivity contribution < 1.29 is 14.8 Å². The number of nitrogens with one attached hydrogen (secondary N) is 1. The first kappa shape index (κ1) is 17.4. The number of aromatic nitrogens is 1. The van der Waals surface area contributed by atoms with E-state index in [2.05, 4.69) is 15.5 Å². The molecule has 0 fully saturated rings. The molecule has 0 saturated heterocycles. The lowest BCUT2D eigenvalue weighted by Crippen LogP contribution is -1.96. The third kappa shape index (κ3) is 3.78. The van der Waals surface area contributed by atoms with Gasteiger partial charge in [-0.2, -0.15) is 5.10 Å². The highest BCUT2D eigenvalue weighted by Crippen LogP contribution is 2.33. The van der Waals surface area contributed by atoms with Gasteiger partial charge in [0.05, 0.1) is 30.0 Å². The second-order valence-corrected chi connectivity index (χ2v) is 5.97. The van der Waals surface area contributed by atoms with Gasteiger partial charge in [0.15, 0.2) is 0 Å². The molecule has 0 atom stereocenters. The Kier molecular flexibility index (Phi) is 5.09. The largest absolute Gasteiger partial charge is 0.502 e. The second-order valence-electron chi connectivity index (χ2n) is 5.12. The van der Waals surface area contributed by atoms with Crippen LogP contribution in [0, 0.1) is 10.1 Å². The molecule has 9 heteroatoms. The molecule has 1 aromatic heterocycles. The minimum absolute atomic E-state index is 0.156. The summed E-state index contributed by atoms with van der Waals surface area (Å²) in [5.74, 6) is -0.234.